The van der Waals surface area contributed by atoms with Crippen LogP contribution in [-0.4, -0.2) is 20.9 Å². The molecule has 0 aliphatic heterocycles. The second-order valence-corrected chi connectivity index (χ2v) is 5.35. The number of amides is 1. The third-order valence-corrected chi connectivity index (χ3v) is 3.27. The van der Waals surface area contributed by atoms with Crippen molar-refractivity contribution in [3.8, 4) is 0 Å². The minimum absolute atomic E-state index is 0.223. The van der Waals surface area contributed by atoms with E-state index in [-0.39, 0.29) is 5.91 Å². The van der Waals surface area contributed by atoms with E-state index >= 15 is 0 Å². The van der Waals surface area contributed by atoms with E-state index in [2.05, 4.69) is 25.6 Å². The number of rotatable bonds is 4. The summed E-state index contributed by atoms with van der Waals surface area (Å²) in [5.74, 6) is 0.798. The first-order chi connectivity index (χ1) is 11.6. The molecule has 120 valence electrons. The van der Waals surface area contributed by atoms with Crippen LogP contribution in [0.5, 0.6) is 0 Å². The predicted octanol–water partition coefficient (Wildman–Crippen LogP) is 3.48. The van der Waals surface area contributed by atoms with Crippen LogP contribution in [0.25, 0.3) is 0 Å². The summed E-state index contributed by atoms with van der Waals surface area (Å²) < 4.78 is 0. The summed E-state index contributed by atoms with van der Waals surface area (Å²) in [6.07, 6.45) is 1.63. The number of hydrogen-bond donors (Lipinski definition) is 2. The highest BCUT2D eigenvalue weighted by molar-refractivity contribution is 6.04. The Balaban J connectivity index is 1.77. The smallest absolute Gasteiger partial charge is 0.256 e. The lowest BCUT2D eigenvalue weighted by Gasteiger charge is -2.09. The molecule has 0 aliphatic carbocycles. The molecule has 0 spiro atoms. The fourth-order valence-corrected chi connectivity index (χ4v) is 2.27. The lowest BCUT2D eigenvalue weighted by atomic mass is 10.2. The largest absolute Gasteiger partial charge is 0.324 e. The van der Waals surface area contributed by atoms with Gasteiger partial charge in [-0.05, 0) is 50.2 Å². The number of anilines is 3. The number of nitrogens with one attached hydrogen (secondary N) is 2. The molecule has 2 heterocycles. The van der Waals surface area contributed by atoms with Crippen molar-refractivity contribution in [1.29, 1.82) is 0 Å². The summed E-state index contributed by atoms with van der Waals surface area (Å²) >= 11 is 0. The van der Waals surface area contributed by atoms with Crippen molar-refractivity contribution < 1.29 is 4.79 Å². The summed E-state index contributed by atoms with van der Waals surface area (Å²) in [5, 5.41) is 5.89. The maximum atomic E-state index is 12.3. The Labute approximate surface area is 140 Å². The number of aromatic nitrogens is 3. The van der Waals surface area contributed by atoms with Gasteiger partial charge in [-0.2, -0.15) is 0 Å². The molecular formula is C18H17N5O. The molecule has 2 aromatic heterocycles. The van der Waals surface area contributed by atoms with Crippen LogP contribution in [0, 0.1) is 13.8 Å². The Morgan fingerprint density at radius 1 is 0.958 bits per heavy atom. The fourth-order valence-electron chi connectivity index (χ4n) is 2.27. The van der Waals surface area contributed by atoms with Crippen molar-refractivity contribution in [2.75, 3.05) is 10.6 Å². The zero-order valence-electron chi connectivity index (χ0n) is 13.4. The predicted molar refractivity (Wildman–Crippen MR) is 93.4 cm³/mol. The number of carbonyl (C=O) groups excluding carboxylic acids is 1. The molecule has 24 heavy (non-hydrogen) atoms. The second-order valence-electron chi connectivity index (χ2n) is 5.35. The van der Waals surface area contributed by atoms with Crippen LogP contribution < -0.4 is 10.6 Å². The molecule has 0 bridgehead atoms. The van der Waals surface area contributed by atoms with Crippen LogP contribution in [0.4, 0.5) is 17.5 Å². The number of hydrogen-bond acceptors (Lipinski definition) is 5. The summed E-state index contributed by atoms with van der Waals surface area (Å²) in [5.41, 5.74) is 3.03. The van der Waals surface area contributed by atoms with Gasteiger partial charge in [0.15, 0.2) is 0 Å². The van der Waals surface area contributed by atoms with Gasteiger partial charge < -0.3 is 10.6 Å². The maximum absolute atomic E-state index is 12.3. The summed E-state index contributed by atoms with van der Waals surface area (Å²) in [6.45, 7) is 3.83. The van der Waals surface area contributed by atoms with Gasteiger partial charge in [-0.1, -0.05) is 12.1 Å². The van der Waals surface area contributed by atoms with E-state index in [9.17, 15) is 4.79 Å². The average molecular weight is 319 g/mol. The standard InChI is InChI=1S/C18H17N5O/c1-12-10-13(2)21-18(20-12)22-15-7-5-6-14(11-15)17(24)23-16-8-3-4-9-19-16/h3-11H,1-2H3,(H,19,23,24)(H,20,21,22). The quantitative estimate of drug-likeness (QED) is 0.769. The molecule has 0 saturated heterocycles. The van der Waals surface area contributed by atoms with Crippen LogP contribution in [0.1, 0.15) is 21.7 Å². The van der Waals surface area contributed by atoms with Crippen molar-refractivity contribution >= 4 is 23.4 Å². The summed E-state index contributed by atoms with van der Waals surface area (Å²) in [4.78, 5) is 25.1. The van der Waals surface area contributed by atoms with Gasteiger partial charge in [0.05, 0.1) is 0 Å². The molecule has 3 rings (SSSR count). The molecule has 3 aromatic rings. The van der Waals surface area contributed by atoms with Crippen molar-refractivity contribution in [3.05, 3.63) is 71.7 Å². The normalized spacial score (nSPS) is 10.2. The maximum Gasteiger partial charge on any atom is 0.256 e. The minimum atomic E-state index is -0.223. The molecule has 0 fully saturated rings. The van der Waals surface area contributed by atoms with E-state index in [0.29, 0.717) is 17.3 Å². The average Bonchev–Trinajstić information content (AvgIpc) is 2.55. The van der Waals surface area contributed by atoms with E-state index in [1.165, 1.54) is 0 Å². The number of aryl methyl sites for hydroxylation is 2. The lowest BCUT2D eigenvalue weighted by molar-refractivity contribution is 0.102. The Hall–Kier alpha value is -3.28. The molecule has 6 heteroatoms. The molecule has 0 unspecified atom stereocenters. The molecular weight excluding hydrogens is 302 g/mol. The van der Waals surface area contributed by atoms with Gasteiger partial charge in [0.2, 0.25) is 5.95 Å². The van der Waals surface area contributed by atoms with Gasteiger partial charge in [0.1, 0.15) is 5.82 Å². The number of pyridine rings is 1. The first-order valence-electron chi connectivity index (χ1n) is 7.52. The highest BCUT2D eigenvalue weighted by atomic mass is 16.1. The zero-order valence-corrected chi connectivity index (χ0v) is 13.4. The third kappa shape index (κ3) is 3.92. The minimum Gasteiger partial charge on any atom is -0.324 e. The van der Waals surface area contributed by atoms with Gasteiger partial charge in [-0.15, -0.1) is 0 Å². The van der Waals surface area contributed by atoms with Crippen LogP contribution in [0.3, 0.4) is 0 Å². The lowest BCUT2D eigenvalue weighted by Crippen LogP contribution is -2.13. The Morgan fingerprint density at radius 3 is 2.46 bits per heavy atom. The first kappa shape index (κ1) is 15.6. The van der Waals surface area contributed by atoms with Crippen LogP contribution in [0.2, 0.25) is 0 Å². The van der Waals surface area contributed by atoms with E-state index in [0.717, 1.165) is 17.1 Å². The number of carbonyl (C=O) groups is 1. The molecule has 6 nitrogen and oxygen atoms in total. The highest BCUT2D eigenvalue weighted by Gasteiger charge is 2.08. The molecule has 0 atom stereocenters. The molecule has 2 N–H and O–H groups in total. The molecule has 0 saturated carbocycles. The van der Waals surface area contributed by atoms with E-state index in [1.807, 2.05) is 32.0 Å². The van der Waals surface area contributed by atoms with Crippen molar-refractivity contribution in [2.24, 2.45) is 0 Å². The van der Waals surface area contributed by atoms with Crippen LogP contribution in [-0.2, 0) is 0 Å². The van der Waals surface area contributed by atoms with E-state index in [4.69, 9.17) is 0 Å². The molecule has 1 aromatic carbocycles. The topological polar surface area (TPSA) is 79.8 Å². The first-order valence-corrected chi connectivity index (χ1v) is 7.52. The van der Waals surface area contributed by atoms with Crippen molar-refractivity contribution in [2.45, 2.75) is 13.8 Å². The van der Waals surface area contributed by atoms with Gasteiger partial charge in [-0.3, -0.25) is 4.79 Å². The Morgan fingerprint density at radius 2 is 1.75 bits per heavy atom. The Bertz CT molecular complexity index is 844. The van der Waals surface area contributed by atoms with Gasteiger partial charge in [0.25, 0.3) is 5.91 Å². The number of nitrogens with zero attached hydrogens (tertiary/aromatic N) is 3. The summed E-state index contributed by atoms with van der Waals surface area (Å²) in [7, 11) is 0. The number of benzene rings is 1. The molecule has 1 amide bonds. The molecule has 0 aliphatic rings. The third-order valence-electron chi connectivity index (χ3n) is 3.27. The van der Waals surface area contributed by atoms with Gasteiger partial charge in [-0.25, -0.2) is 15.0 Å². The van der Waals surface area contributed by atoms with E-state index < -0.39 is 0 Å². The monoisotopic (exact) mass is 319 g/mol. The van der Waals surface area contributed by atoms with Gasteiger partial charge >= 0.3 is 0 Å². The van der Waals surface area contributed by atoms with Crippen LogP contribution in [0.15, 0.2) is 54.7 Å². The van der Waals surface area contributed by atoms with Crippen molar-refractivity contribution in [3.63, 3.8) is 0 Å². The van der Waals surface area contributed by atoms with Gasteiger partial charge in [0, 0.05) is 28.8 Å². The van der Waals surface area contributed by atoms with Crippen molar-refractivity contribution in [1.82, 2.24) is 15.0 Å². The summed E-state index contributed by atoms with van der Waals surface area (Å²) in [6, 6.07) is 14.4. The molecule has 0 radical (unpaired) electrons. The zero-order chi connectivity index (χ0) is 16.9. The van der Waals surface area contributed by atoms with Crippen LogP contribution >= 0.6 is 0 Å². The SMILES string of the molecule is Cc1cc(C)nc(Nc2cccc(C(=O)Nc3ccccn3)c2)n1. The second kappa shape index (κ2) is 6.87. The highest BCUT2D eigenvalue weighted by Crippen LogP contribution is 2.16. The van der Waals surface area contributed by atoms with E-state index in [1.54, 1.807) is 36.5 Å². The fraction of sp³-hybridized carbons (Fsp3) is 0.111. The Kier molecular flexibility index (Phi) is 4.47.